The summed E-state index contributed by atoms with van der Waals surface area (Å²) in [7, 11) is 0. The van der Waals surface area contributed by atoms with E-state index in [0.29, 0.717) is 11.1 Å². The Morgan fingerprint density at radius 1 is 1.15 bits per heavy atom. The average molecular weight is 322 g/mol. The van der Waals surface area contributed by atoms with Gasteiger partial charge in [0.2, 0.25) is 5.95 Å². The third-order valence-corrected chi connectivity index (χ3v) is 3.18. The standard InChI is InChI=1S/C14H11ClF3N.ClH/c1-2-14(17,18)11-5-3-9(7-12(11)15)10-4-6-13(16)19-8-10;/h3-8H,2H2,1H3;1H. The molecule has 6 heteroatoms. The van der Waals surface area contributed by atoms with Crippen molar-refractivity contribution in [1.82, 2.24) is 4.98 Å². The van der Waals surface area contributed by atoms with Gasteiger partial charge < -0.3 is 0 Å². The normalized spacial score (nSPS) is 11.1. The minimum absolute atomic E-state index is 0. The first-order valence-electron chi connectivity index (χ1n) is 5.74. The van der Waals surface area contributed by atoms with E-state index in [0.717, 1.165) is 0 Å². The highest BCUT2D eigenvalue weighted by atomic mass is 35.5. The Kier molecular flexibility index (Phi) is 5.42. The molecule has 0 aliphatic rings. The molecule has 0 atom stereocenters. The number of alkyl halides is 2. The van der Waals surface area contributed by atoms with Crippen molar-refractivity contribution in [2.24, 2.45) is 0 Å². The molecule has 0 radical (unpaired) electrons. The van der Waals surface area contributed by atoms with Crippen molar-refractivity contribution >= 4 is 24.0 Å². The SMILES string of the molecule is CCC(F)(F)c1ccc(-c2ccc(F)nc2)cc1Cl.Cl. The molecule has 0 saturated heterocycles. The lowest BCUT2D eigenvalue weighted by molar-refractivity contribution is -0.00815. The molecule has 2 aromatic rings. The summed E-state index contributed by atoms with van der Waals surface area (Å²) < 4.78 is 39.9. The molecule has 0 unspecified atom stereocenters. The molecule has 0 bridgehead atoms. The summed E-state index contributed by atoms with van der Waals surface area (Å²) >= 11 is 5.90. The third-order valence-electron chi connectivity index (χ3n) is 2.87. The number of rotatable bonds is 3. The molecule has 0 spiro atoms. The zero-order chi connectivity index (χ0) is 14.0. The van der Waals surface area contributed by atoms with Gasteiger partial charge in [-0.05, 0) is 23.8 Å². The van der Waals surface area contributed by atoms with Gasteiger partial charge in [0.15, 0.2) is 0 Å². The van der Waals surface area contributed by atoms with Crippen molar-refractivity contribution in [2.75, 3.05) is 0 Å². The summed E-state index contributed by atoms with van der Waals surface area (Å²) in [6, 6.07) is 6.99. The molecule has 1 nitrogen and oxygen atoms in total. The molecule has 0 aliphatic carbocycles. The fraction of sp³-hybridized carbons (Fsp3) is 0.214. The molecule has 2 rings (SSSR count). The van der Waals surface area contributed by atoms with Crippen LogP contribution in [0.4, 0.5) is 13.2 Å². The molecule has 0 saturated carbocycles. The minimum Gasteiger partial charge on any atom is -0.228 e. The Morgan fingerprint density at radius 3 is 2.30 bits per heavy atom. The van der Waals surface area contributed by atoms with Gasteiger partial charge in [0.1, 0.15) is 0 Å². The fourth-order valence-electron chi connectivity index (χ4n) is 1.73. The van der Waals surface area contributed by atoms with Crippen molar-refractivity contribution < 1.29 is 13.2 Å². The number of hydrogen-bond donors (Lipinski definition) is 0. The van der Waals surface area contributed by atoms with Crippen molar-refractivity contribution in [1.29, 1.82) is 0 Å². The Labute approximate surface area is 126 Å². The summed E-state index contributed by atoms with van der Waals surface area (Å²) in [5.74, 6) is -3.54. The third kappa shape index (κ3) is 3.44. The molecule has 0 fully saturated rings. The highest BCUT2D eigenvalue weighted by Gasteiger charge is 2.31. The summed E-state index contributed by atoms with van der Waals surface area (Å²) in [6.07, 6.45) is 1.02. The maximum absolute atomic E-state index is 13.6. The molecule has 0 N–H and O–H groups in total. The van der Waals surface area contributed by atoms with Gasteiger partial charge in [-0.25, -0.2) is 13.8 Å². The molecule has 1 aromatic heterocycles. The van der Waals surface area contributed by atoms with Crippen molar-refractivity contribution in [3.8, 4) is 11.1 Å². The lowest BCUT2D eigenvalue weighted by Crippen LogP contribution is -2.12. The molecule has 1 heterocycles. The van der Waals surface area contributed by atoms with Crippen LogP contribution in [0.3, 0.4) is 0 Å². The van der Waals surface area contributed by atoms with Gasteiger partial charge in [0.05, 0.1) is 5.02 Å². The fourth-order valence-corrected chi connectivity index (χ4v) is 2.05. The van der Waals surface area contributed by atoms with Crippen LogP contribution in [0.15, 0.2) is 36.5 Å². The van der Waals surface area contributed by atoms with Crippen LogP contribution in [0, 0.1) is 5.95 Å². The molecule has 20 heavy (non-hydrogen) atoms. The topological polar surface area (TPSA) is 12.9 Å². The van der Waals surface area contributed by atoms with Gasteiger partial charge in [0.25, 0.3) is 5.92 Å². The molecular formula is C14H12Cl2F3N. The van der Waals surface area contributed by atoms with E-state index < -0.39 is 11.9 Å². The van der Waals surface area contributed by atoms with Crippen molar-refractivity contribution in [3.05, 3.63) is 53.1 Å². The zero-order valence-corrected chi connectivity index (χ0v) is 12.1. The van der Waals surface area contributed by atoms with Crippen molar-refractivity contribution in [3.63, 3.8) is 0 Å². The molecular weight excluding hydrogens is 310 g/mol. The predicted molar refractivity (Wildman–Crippen MR) is 76.1 cm³/mol. The Morgan fingerprint density at radius 2 is 1.80 bits per heavy atom. The Balaban J connectivity index is 0.00000200. The van der Waals surface area contributed by atoms with Crippen molar-refractivity contribution in [2.45, 2.75) is 19.3 Å². The summed E-state index contributed by atoms with van der Waals surface area (Å²) in [4.78, 5) is 3.51. The molecule has 108 valence electrons. The molecule has 1 aromatic carbocycles. The second-order valence-electron chi connectivity index (χ2n) is 4.12. The number of aromatic nitrogens is 1. The summed E-state index contributed by atoms with van der Waals surface area (Å²) in [5.41, 5.74) is 1.04. The maximum atomic E-state index is 13.6. The van der Waals surface area contributed by atoms with Gasteiger partial charge in [-0.15, -0.1) is 12.4 Å². The van der Waals surface area contributed by atoms with E-state index in [1.54, 1.807) is 0 Å². The van der Waals surface area contributed by atoms with Gasteiger partial charge in [-0.2, -0.15) is 4.39 Å². The van der Waals surface area contributed by atoms with Crippen LogP contribution in [-0.4, -0.2) is 4.98 Å². The Hall–Kier alpha value is -1.26. The van der Waals surface area contributed by atoms with E-state index in [9.17, 15) is 13.2 Å². The van der Waals surface area contributed by atoms with Crippen LogP contribution in [0.2, 0.25) is 5.02 Å². The number of halogens is 5. The first-order valence-corrected chi connectivity index (χ1v) is 6.11. The summed E-state index contributed by atoms with van der Waals surface area (Å²) in [6.45, 7) is 1.40. The van der Waals surface area contributed by atoms with E-state index in [1.807, 2.05) is 0 Å². The van der Waals surface area contributed by atoms with Crippen LogP contribution in [0.25, 0.3) is 11.1 Å². The largest absolute Gasteiger partial charge is 0.274 e. The molecule has 0 aliphatic heterocycles. The van der Waals surface area contributed by atoms with Crippen LogP contribution in [0.1, 0.15) is 18.9 Å². The summed E-state index contributed by atoms with van der Waals surface area (Å²) in [5, 5.41) is -0.00586. The quantitative estimate of drug-likeness (QED) is 0.683. The van der Waals surface area contributed by atoms with E-state index in [-0.39, 0.29) is 29.4 Å². The van der Waals surface area contributed by atoms with Crippen LogP contribution in [0.5, 0.6) is 0 Å². The minimum atomic E-state index is -2.95. The molecule has 0 amide bonds. The van der Waals surface area contributed by atoms with E-state index in [2.05, 4.69) is 4.98 Å². The van der Waals surface area contributed by atoms with E-state index in [1.165, 1.54) is 43.5 Å². The maximum Gasteiger partial charge on any atom is 0.274 e. The van der Waals surface area contributed by atoms with Gasteiger partial charge in [0, 0.05) is 23.7 Å². The number of benzene rings is 1. The van der Waals surface area contributed by atoms with Gasteiger partial charge >= 0.3 is 0 Å². The lowest BCUT2D eigenvalue weighted by Gasteiger charge is -2.16. The number of pyridine rings is 1. The average Bonchev–Trinajstić information content (AvgIpc) is 2.39. The highest BCUT2D eigenvalue weighted by molar-refractivity contribution is 6.31. The van der Waals surface area contributed by atoms with Crippen LogP contribution >= 0.6 is 24.0 Å². The van der Waals surface area contributed by atoms with Crippen LogP contribution < -0.4 is 0 Å². The second kappa shape index (κ2) is 6.46. The highest BCUT2D eigenvalue weighted by Crippen LogP contribution is 2.37. The smallest absolute Gasteiger partial charge is 0.228 e. The number of nitrogens with zero attached hydrogens (tertiary/aromatic N) is 1. The van der Waals surface area contributed by atoms with Gasteiger partial charge in [-0.1, -0.05) is 30.7 Å². The first-order chi connectivity index (χ1) is 8.94. The monoisotopic (exact) mass is 321 g/mol. The van der Waals surface area contributed by atoms with E-state index in [4.69, 9.17) is 11.6 Å². The number of hydrogen-bond acceptors (Lipinski definition) is 1. The zero-order valence-electron chi connectivity index (χ0n) is 10.5. The predicted octanol–water partition coefficient (Wildman–Crippen LogP) is 5.46. The lowest BCUT2D eigenvalue weighted by atomic mass is 10.0. The van der Waals surface area contributed by atoms with Gasteiger partial charge in [-0.3, -0.25) is 0 Å². The Bertz CT molecular complexity index is 585. The second-order valence-corrected chi connectivity index (χ2v) is 4.53. The van der Waals surface area contributed by atoms with E-state index >= 15 is 0 Å². The first kappa shape index (κ1) is 16.8. The van der Waals surface area contributed by atoms with Crippen LogP contribution in [-0.2, 0) is 5.92 Å².